The first-order valence-corrected chi connectivity index (χ1v) is 3.28. The Balaban J connectivity index is 0.000000810. The summed E-state index contributed by atoms with van der Waals surface area (Å²) < 4.78 is 0. The molecule has 1 radical (unpaired) electrons. The van der Waals surface area contributed by atoms with Crippen molar-refractivity contribution in [2.75, 3.05) is 0 Å². The molecule has 2 nitrogen and oxygen atoms in total. The van der Waals surface area contributed by atoms with Crippen LogP contribution < -0.4 is 0 Å². The maximum atomic E-state index is 9.14. The fourth-order valence-corrected chi connectivity index (χ4v) is 1.25. The Morgan fingerprint density at radius 1 is 1.60 bits per heavy atom. The Hall–Kier alpha value is 0.0195. The number of aliphatic hydroxyl groups excluding tert-OH is 2. The van der Waals surface area contributed by atoms with E-state index < -0.39 is 0 Å². The Bertz CT molecular complexity index is 139. The van der Waals surface area contributed by atoms with Gasteiger partial charge in [0.05, 0.1) is 11.9 Å². The van der Waals surface area contributed by atoms with Gasteiger partial charge in [0.15, 0.2) is 0 Å². The van der Waals surface area contributed by atoms with Crippen molar-refractivity contribution >= 4 is 0 Å². The summed E-state index contributed by atoms with van der Waals surface area (Å²) in [5.74, 6) is 0.306. The molecule has 1 unspecified atom stereocenters. The molecule has 10 heavy (non-hydrogen) atoms. The van der Waals surface area contributed by atoms with Crippen molar-refractivity contribution in [2.45, 2.75) is 32.3 Å². The zero-order chi connectivity index (χ0) is 6.85. The van der Waals surface area contributed by atoms with Gasteiger partial charge in [-0.25, -0.2) is 0 Å². The fourth-order valence-electron chi connectivity index (χ4n) is 1.25. The molecule has 0 saturated heterocycles. The third-order valence-electron chi connectivity index (χ3n) is 1.79. The van der Waals surface area contributed by atoms with Gasteiger partial charge in [-0.15, -0.1) is 0 Å². The second kappa shape index (κ2) is 4.02. The maximum absolute atomic E-state index is 9.14. The summed E-state index contributed by atoms with van der Waals surface area (Å²) in [7, 11) is 0. The topological polar surface area (TPSA) is 40.5 Å². The van der Waals surface area contributed by atoms with Gasteiger partial charge in [0.1, 0.15) is 0 Å². The zero-order valence-corrected chi connectivity index (χ0v) is 6.84. The number of hydrogen-bond acceptors (Lipinski definition) is 2. The number of allylic oxidation sites excluding steroid dienone is 1. The molecule has 0 bridgehead atoms. The van der Waals surface area contributed by atoms with Crippen LogP contribution in [0.25, 0.3) is 0 Å². The molecule has 1 aliphatic rings. The SMILES string of the molecule is C/C(O)=C1\CCCC1O.[Cu]. The third-order valence-corrected chi connectivity index (χ3v) is 1.79. The van der Waals surface area contributed by atoms with E-state index in [-0.39, 0.29) is 23.2 Å². The normalized spacial score (nSPS) is 29.6. The molecular formula is C7H12CuO2. The van der Waals surface area contributed by atoms with Crippen LogP contribution in [-0.2, 0) is 17.1 Å². The predicted octanol–water partition coefficient (Wildman–Crippen LogP) is 1.36. The summed E-state index contributed by atoms with van der Waals surface area (Å²) in [6.45, 7) is 1.63. The van der Waals surface area contributed by atoms with E-state index >= 15 is 0 Å². The summed E-state index contributed by atoms with van der Waals surface area (Å²) in [5, 5.41) is 18.1. The van der Waals surface area contributed by atoms with Crippen LogP contribution in [-0.4, -0.2) is 16.3 Å². The first-order valence-electron chi connectivity index (χ1n) is 3.28. The summed E-state index contributed by atoms with van der Waals surface area (Å²) in [5.41, 5.74) is 0.829. The zero-order valence-electron chi connectivity index (χ0n) is 5.89. The van der Waals surface area contributed by atoms with Gasteiger partial charge in [-0.2, -0.15) is 0 Å². The number of hydrogen-bond donors (Lipinski definition) is 2. The minimum absolute atomic E-state index is 0. The molecule has 0 heterocycles. The number of aliphatic hydroxyl groups is 2. The Morgan fingerprint density at radius 2 is 2.20 bits per heavy atom. The van der Waals surface area contributed by atoms with Crippen LogP contribution in [0.5, 0.6) is 0 Å². The molecule has 0 aliphatic heterocycles. The Kier molecular flexibility index (Phi) is 4.02. The number of rotatable bonds is 0. The van der Waals surface area contributed by atoms with Crippen LogP contribution in [0, 0.1) is 0 Å². The monoisotopic (exact) mass is 191 g/mol. The van der Waals surface area contributed by atoms with E-state index in [4.69, 9.17) is 10.2 Å². The van der Waals surface area contributed by atoms with Crippen molar-refractivity contribution in [3.05, 3.63) is 11.3 Å². The van der Waals surface area contributed by atoms with E-state index in [1.54, 1.807) is 6.92 Å². The van der Waals surface area contributed by atoms with Gasteiger partial charge in [0, 0.05) is 17.1 Å². The predicted molar refractivity (Wildman–Crippen MR) is 35.2 cm³/mol. The Morgan fingerprint density at radius 3 is 2.40 bits per heavy atom. The van der Waals surface area contributed by atoms with Crippen LogP contribution in [0.3, 0.4) is 0 Å². The van der Waals surface area contributed by atoms with Gasteiger partial charge in [-0.05, 0) is 31.8 Å². The van der Waals surface area contributed by atoms with Crippen LogP contribution in [0.2, 0.25) is 0 Å². The van der Waals surface area contributed by atoms with Gasteiger partial charge < -0.3 is 10.2 Å². The van der Waals surface area contributed by atoms with Crippen LogP contribution in [0.1, 0.15) is 26.2 Å². The molecule has 0 aromatic heterocycles. The molecule has 0 aromatic rings. The largest absolute Gasteiger partial charge is 0.513 e. The molecule has 3 heteroatoms. The first-order chi connectivity index (χ1) is 4.22. The summed E-state index contributed by atoms with van der Waals surface area (Å²) in [6, 6.07) is 0. The van der Waals surface area contributed by atoms with Crippen molar-refractivity contribution in [3.8, 4) is 0 Å². The molecule has 1 rings (SSSR count). The molecule has 1 saturated carbocycles. The molecule has 63 valence electrons. The van der Waals surface area contributed by atoms with Crippen molar-refractivity contribution in [1.82, 2.24) is 0 Å². The summed E-state index contributed by atoms with van der Waals surface area (Å²) >= 11 is 0. The van der Waals surface area contributed by atoms with Gasteiger partial charge in [0.2, 0.25) is 0 Å². The van der Waals surface area contributed by atoms with E-state index in [0.29, 0.717) is 5.76 Å². The quantitative estimate of drug-likeness (QED) is 0.449. The fraction of sp³-hybridized carbons (Fsp3) is 0.714. The van der Waals surface area contributed by atoms with E-state index in [1.807, 2.05) is 0 Å². The van der Waals surface area contributed by atoms with Crippen molar-refractivity contribution in [2.24, 2.45) is 0 Å². The minimum atomic E-state index is -0.366. The van der Waals surface area contributed by atoms with Crippen LogP contribution in [0.15, 0.2) is 11.3 Å². The molecule has 2 N–H and O–H groups in total. The van der Waals surface area contributed by atoms with Crippen molar-refractivity contribution in [1.29, 1.82) is 0 Å². The molecule has 1 fully saturated rings. The van der Waals surface area contributed by atoms with Gasteiger partial charge >= 0.3 is 0 Å². The van der Waals surface area contributed by atoms with Crippen LogP contribution >= 0.6 is 0 Å². The molecule has 0 amide bonds. The third kappa shape index (κ3) is 2.01. The Labute approximate surface area is 71.4 Å². The van der Waals surface area contributed by atoms with E-state index in [0.717, 1.165) is 24.8 Å². The van der Waals surface area contributed by atoms with Gasteiger partial charge in [-0.3, -0.25) is 0 Å². The average Bonchev–Trinajstić information content (AvgIpc) is 2.13. The standard InChI is InChI=1S/C7H12O2.Cu/c1-5(8)6-3-2-4-7(6)9;/h7-9H,2-4H2,1H3;/b6-5-;. The minimum Gasteiger partial charge on any atom is -0.513 e. The van der Waals surface area contributed by atoms with Crippen LogP contribution in [0.4, 0.5) is 0 Å². The van der Waals surface area contributed by atoms with E-state index in [2.05, 4.69) is 0 Å². The first kappa shape index (κ1) is 10.0. The summed E-state index contributed by atoms with van der Waals surface area (Å²) in [6.07, 6.45) is 2.32. The van der Waals surface area contributed by atoms with Crippen molar-refractivity contribution in [3.63, 3.8) is 0 Å². The average molecular weight is 192 g/mol. The second-order valence-corrected chi connectivity index (χ2v) is 2.52. The molecule has 0 aromatic carbocycles. The second-order valence-electron chi connectivity index (χ2n) is 2.52. The van der Waals surface area contributed by atoms with Gasteiger partial charge in [-0.1, -0.05) is 0 Å². The van der Waals surface area contributed by atoms with E-state index in [9.17, 15) is 0 Å². The molecular weight excluding hydrogens is 180 g/mol. The molecule has 1 aliphatic carbocycles. The molecule has 1 atom stereocenters. The van der Waals surface area contributed by atoms with Crippen molar-refractivity contribution < 1.29 is 27.3 Å². The maximum Gasteiger partial charge on any atom is 0.0909 e. The smallest absolute Gasteiger partial charge is 0.0909 e. The molecule has 0 spiro atoms. The van der Waals surface area contributed by atoms with Gasteiger partial charge in [0.25, 0.3) is 0 Å². The summed E-state index contributed by atoms with van der Waals surface area (Å²) in [4.78, 5) is 0. The van der Waals surface area contributed by atoms with E-state index in [1.165, 1.54) is 0 Å².